The highest BCUT2D eigenvalue weighted by Crippen LogP contribution is 2.26. The Morgan fingerprint density at radius 2 is 1.94 bits per heavy atom. The largest absolute Gasteiger partial charge is 0.439 e. The van der Waals surface area contributed by atoms with E-state index >= 15 is 0 Å². The number of morpholine rings is 1. The average molecular weight is 247 g/mol. The third-order valence-electron chi connectivity index (χ3n) is 2.97. The van der Waals surface area contributed by atoms with Gasteiger partial charge in [0.05, 0.1) is 18.8 Å². The summed E-state index contributed by atoms with van der Waals surface area (Å²) >= 11 is 0. The predicted molar refractivity (Wildman–Crippen MR) is 62.3 cm³/mol. The second-order valence-electron chi connectivity index (χ2n) is 4.11. The van der Waals surface area contributed by atoms with Gasteiger partial charge in [-0.05, 0) is 6.07 Å². The van der Waals surface area contributed by atoms with Gasteiger partial charge >= 0.3 is 5.97 Å². The molecule has 1 unspecified atom stereocenters. The van der Waals surface area contributed by atoms with Crippen LogP contribution >= 0.6 is 0 Å². The summed E-state index contributed by atoms with van der Waals surface area (Å²) in [5, 5.41) is 0. The zero-order chi connectivity index (χ0) is 12.4. The number of hydrogen-bond donors (Lipinski definition) is 0. The molecule has 0 spiro atoms. The molecule has 0 N–H and O–H groups in total. The highest BCUT2D eigenvalue weighted by Gasteiger charge is 2.34. The molecule has 1 saturated heterocycles. The molecule has 2 aliphatic heterocycles. The van der Waals surface area contributed by atoms with E-state index in [4.69, 9.17) is 9.47 Å². The van der Waals surface area contributed by atoms with Crippen LogP contribution in [-0.2, 0) is 14.3 Å². The quantitative estimate of drug-likeness (QED) is 0.689. The van der Waals surface area contributed by atoms with Crippen LogP contribution in [0.1, 0.15) is 5.82 Å². The maximum atomic E-state index is 11.5. The number of hydrogen-bond acceptors (Lipinski definition) is 6. The molecule has 1 aromatic rings. The van der Waals surface area contributed by atoms with Crippen LogP contribution in [0.4, 0.5) is 0 Å². The van der Waals surface area contributed by atoms with Gasteiger partial charge in [0.15, 0.2) is 12.1 Å². The van der Waals surface area contributed by atoms with Gasteiger partial charge < -0.3 is 9.47 Å². The molecule has 0 saturated carbocycles. The van der Waals surface area contributed by atoms with Crippen molar-refractivity contribution in [3.63, 3.8) is 0 Å². The molecule has 6 nitrogen and oxygen atoms in total. The lowest BCUT2D eigenvalue weighted by Crippen LogP contribution is -2.44. The smallest absolute Gasteiger partial charge is 0.333 e. The maximum Gasteiger partial charge on any atom is 0.333 e. The molecule has 1 atom stereocenters. The first-order valence-corrected chi connectivity index (χ1v) is 5.86. The van der Waals surface area contributed by atoms with E-state index in [0.29, 0.717) is 19.0 Å². The summed E-state index contributed by atoms with van der Waals surface area (Å²) in [6, 6.07) is 1.74. The zero-order valence-electron chi connectivity index (χ0n) is 9.78. The van der Waals surface area contributed by atoms with Gasteiger partial charge in [0.1, 0.15) is 0 Å². The molecule has 3 heterocycles. The molecule has 0 aromatic carbocycles. The van der Waals surface area contributed by atoms with Crippen molar-refractivity contribution in [2.45, 2.75) is 6.23 Å². The minimum Gasteiger partial charge on any atom is -0.439 e. The number of carbonyl (C=O) groups excluding carboxylic acids is 1. The van der Waals surface area contributed by atoms with Gasteiger partial charge in [0.2, 0.25) is 0 Å². The third kappa shape index (κ3) is 2.12. The number of esters is 1. The van der Waals surface area contributed by atoms with Crippen molar-refractivity contribution in [2.24, 2.45) is 0 Å². The van der Waals surface area contributed by atoms with Gasteiger partial charge in [-0.15, -0.1) is 0 Å². The fourth-order valence-electron chi connectivity index (χ4n) is 2.11. The van der Waals surface area contributed by atoms with Crippen LogP contribution in [0.15, 0.2) is 24.5 Å². The number of rotatable bonds is 2. The van der Waals surface area contributed by atoms with E-state index in [1.165, 1.54) is 6.08 Å². The van der Waals surface area contributed by atoms with Gasteiger partial charge in [0, 0.05) is 31.6 Å². The predicted octanol–water partition coefficient (Wildman–Crippen LogP) is 0.0751. The first kappa shape index (κ1) is 11.3. The summed E-state index contributed by atoms with van der Waals surface area (Å²) in [6.07, 6.45) is 4.39. The van der Waals surface area contributed by atoms with Crippen molar-refractivity contribution in [1.82, 2.24) is 14.9 Å². The summed E-state index contributed by atoms with van der Waals surface area (Å²) in [7, 11) is 0. The third-order valence-corrected chi connectivity index (χ3v) is 2.97. The van der Waals surface area contributed by atoms with E-state index < -0.39 is 0 Å². The molecule has 0 radical (unpaired) electrons. The van der Waals surface area contributed by atoms with Gasteiger partial charge in [-0.3, -0.25) is 4.90 Å². The van der Waals surface area contributed by atoms with E-state index in [-0.39, 0.29) is 12.2 Å². The van der Waals surface area contributed by atoms with Crippen molar-refractivity contribution < 1.29 is 14.3 Å². The van der Waals surface area contributed by atoms with Crippen LogP contribution in [-0.4, -0.2) is 53.4 Å². The highest BCUT2D eigenvalue weighted by molar-refractivity contribution is 5.95. The second-order valence-corrected chi connectivity index (χ2v) is 4.11. The summed E-state index contributed by atoms with van der Waals surface area (Å²) in [5.74, 6) is 0.203. The number of carbonyl (C=O) groups is 1. The normalized spacial score (nSPS) is 24.8. The lowest BCUT2D eigenvalue weighted by Gasteiger charge is -2.31. The molecule has 6 heteroatoms. The molecule has 18 heavy (non-hydrogen) atoms. The molecular weight excluding hydrogens is 234 g/mol. The van der Waals surface area contributed by atoms with Crippen molar-refractivity contribution >= 4 is 11.5 Å². The number of ether oxygens (including phenoxy) is 2. The summed E-state index contributed by atoms with van der Waals surface area (Å²) in [6.45, 7) is 2.78. The van der Waals surface area contributed by atoms with E-state index in [1.54, 1.807) is 18.5 Å². The Morgan fingerprint density at radius 1 is 1.22 bits per heavy atom. The van der Waals surface area contributed by atoms with Crippen LogP contribution < -0.4 is 0 Å². The number of nitrogens with zero attached hydrogens (tertiary/aromatic N) is 3. The SMILES string of the molecule is O=C1C=C(c2ncccn2)C(N2CCOCC2)O1. The molecule has 0 bridgehead atoms. The minimum absolute atomic E-state index is 0.339. The maximum absolute atomic E-state index is 11.5. The second kappa shape index (κ2) is 4.83. The Labute approximate surface area is 104 Å². The van der Waals surface area contributed by atoms with Crippen LogP contribution in [0.5, 0.6) is 0 Å². The number of cyclic esters (lactones) is 1. The van der Waals surface area contributed by atoms with Crippen LogP contribution in [0.3, 0.4) is 0 Å². The number of aromatic nitrogens is 2. The summed E-state index contributed by atoms with van der Waals surface area (Å²) in [5.41, 5.74) is 0.725. The minimum atomic E-state index is -0.385. The van der Waals surface area contributed by atoms with Gasteiger partial charge in [0.25, 0.3) is 0 Å². The van der Waals surface area contributed by atoms with Gasteiger partial charge in [-0.2, -0.15) is 0 Å². The van der Waals surface area contributed by atoms with Crippen LogP contribution in [0.2, 0.25) is 0 Å². The van der Waals surface area contributed by atoms with Crippen LogP contribution in [0, 0.1) is 0 Å². The van der Waals surface area contributed by atoms with Gasteiger partial charge in [-0.1, -0.05) is 0 Å². The fourth-order valence-corrected chi connectivity index (χ4v) is 2.11. The Morgan fingerprint density at radius 3 is 2.67 bits per heavy atom. The van der Waals surface area contributed by atoms with E-state index in [1.807, 2.05) is 0 Å². The Balaban J connectivity index is 1.86. The van der Waals surface area contributed by atoms with Crippen molar-refractivity contribution in [1.29, 1.82) is 0 Å². The standard InChI is InChI=1S/C12H13N3O3/c16-10-8-9(11-13-2-1-3-14-11)12(18-10)15-4-6-17-7-5-15/h1-3,8,12H,4-7H2. The molecule has 94 valence electrons. The summed E-state index contributed by atoms with van der Waals surface area (Å²) < 4.78 is 10.6. The molecule has 1 fully saturated rings. The Bertz CT molecular complexity index is 469. The Hall–Kier alpha value is -1.79. The molecule has 3 rings (SSSR count). The lowest BCUT2D eigenvalue weighted by molar-refractivity contribution is -0.147. The Kier molecular flexibility index (Phi) is 3.04. The molecular formula is C12H13N3O3. The van der Waals surface area contributed by atoms with Crippen LogP contribution in [0.25, 0.3) is 5.57 Å². The van der Waals surface area contributed by atoms with E-state index in [0.717, 1.165) is 18.7 Å². The molecule has 2 aliphatic rings. The highest BCUT2D eigenvalue weighted by atomic mass is 16.6. The first-order chi connectivity index (χ1) is 8.84. The summed E-state index contributed by atoms with van der Waals surface area (Å²) in [4.78, 5) is 21.9. The van der Waals surface area contributed by atoms with E-state index in [9.17, 15) is 4.79 Å². The first-order valence-electron chi connectivity index (χ1n) is 5.86. The van der Waals surface area contributed by atoms with Gasteiger partial charge in [-0.25, -0.2) is 14.8 Å². The zero-order valence-corrected chi connectivity index (χ0v) is 9.78. The lowest BCUT2D eigenvalue weighted by atomic mass is 10.2. The monoisotopic (exact) mass is 247 g/mol. The topological polar surface area (TPSA) is 64.6 Å². The van der Waals surface area contributed by atoms with Crippen molar-refractivity contribution in [3.05, 3.63) is 30.4 Å². The molecule has 1 aromatic heterocycles. The molecule has 0 amide bonds. The molecule has 0 aliphatic carbocycles. The van der Waals surface area contributed by atoms with Crippen molar-refractivity contribution in [3.8, 4) is 0 Å². The van der Waals surface area contributed by atoms with Crippen molar-refractivity contribution in [2.75, 3.05) is 26.3 Å². The van der Waals surface area contributed by atoms with E-state index in [2.05, 4.69) is 14.9 Å². The average Bonchev–Trinajstić information content (AvgIpc) is 2.83. The fraction of sp³-hybridized carbons (Fsp3) is 0.417.